The van der Waals surface area contributed by atoms with Gasteiger partial charge >= 0.3 is 5.97 Å². The Morgan fingerprint density at radius 2 is 1.93 bits per heavy atom. The van der Waals surface area contributed by atoms with Crippen LogP contribution in [-0.2, 0) is 20.9 Å². The summed E-state index contributed by atoms with van der Waals surface area (Å²) < 4.78 is 7.69. The van der Waals surface area contributed by atoms with Crippen molar-refractivity contribution in [3.8, 4) is 0 Å². The summed E-state index contributed by atoms with van der Waals surface area (Å²) in [7, 11) is 1.37. The predicted octanol–water partition coefficient (Wildman–Crippen LogP) is 4.04. The van der Waals surface area contributed by atoms with Crippen molar-refractivity contribution in [2.45, 2.75) is 38.6 Å². The molecule has 27 heavy (non-hydrogen) atoms. The zero-order valence-electron chi connectivity index (χ0n) is 15.3. The molecular formula is C21H22N2O3S. The molecule has 0 atom stereocenters. The van der Waals surface area contributed by atoms with Gasteiger partial charge in [0, 0.05) is 11.3 Å². The Morgan fingerprint density at radius 1 is 1.15 bits per heavy atom. The van der Waals surface area contributed by atoms with Gasteiger partial charge in [-0.3, -0.25) is 9.59 Å². The first-order valence-electron chi connectivity index (χ1n) is 9.34. The second-order valence-corrected chi connectivity index (χ2v) is 7.94. The molecule has 5 nitrogen and oxygen atoms in total. The van der Waals surface area contributed by atoms with Crippen LogP contribution in [0.25, 0.3) is 21.0 Å². The molecule has 1 aliphatic carbocycles. The summed E-state index contributed by atoms with van der Waals surface area (Å²) in [6.07, 6.45) is 5.19. The van der Waals surface area contributed by atoms with Crippen LogP contribution in [0.3, 0.4) is 0 Å². The second kappa shape index (κ2) is 7.64. The van der Waals surface area contributed by atoms with Gasteiger partial charge in [0.15, 0.2) is 4.80 Å². The lowest BCUT2D eigenvalue weighted by Gasteiger charge is -2.17. The zero-order chi connectivity index (χ0) is 18.8. The number of thiazole rings is 1. The van der Waals surface area contributed by atoms with Crippen LogP contribution in [0.2, 0.25) is 0 Å². The Labute approximate surface area is 161 Å². The number of carbonyl (C=O) groups is 2. The van der Waals surface area contributed by atoms with Crippen LogP contribution in [-0.4, -0.2) is 23.6 Å². The van der Waals surface area contributed by atoms with E-state index < -0.39 is 0 Å². The maximum atomic E-state index is 12.7. The molecule has 0 radical (unpaired) electrons. The van der Waals surface area contributed by atoms with E-state index in [1.807, 2.05) is 24.3 Å². The molecule has 1 saturated carbocycles. The normalized spacial score (nSPS) is 16.1. The minimum atomic E-state index is -0.352. The summed E-state index contributed by atoms with van der Waals surface area (Å²) in [5.41, 5.74) is 0.902. The fourth-order valence-electron chi connectivity index (χ4n) is 3.77. The Bertz CT molecular complexity index is 1070. The number of fused-ring (bicyclic) bond motifs is 3. The summed E-state index contributed by atoms with van der Waals surface area (Å²) in [4.78, 5) is 29.7. The van der Waals surface area contributed by atoms with Gasteiger partial charge in [-0.25, -0.2) is 0 Å². The highest BCUT2D eigenvalue weighted by atomic mass is 32.1. The first kappa shape index (κ1) is 17.9. The topological polar surface area (TPSA) is 60.7 Å². The highest BCUT2D eigenvalue weighted by molar-refractivity contribution is 7.17. The molecule has 3 aromatic rings. The number of rotatable bonds is 3. The van der Waals surface area contributed by atoms with E-state index in [4.69, 9.17) is 4.74 Å². The third-order valence-electron chi connectivity index (χ3n) is 5.25. The molecule has 0 aliphatic heterocycles. The Morgan fingerprint density at radius 3 is 2.70 bits per heavy atom. The third kappa shape index (κ3) is 3.54. The van der Waals surface area contributed by atoms with Crippen molar-refractivity contribution in [3.63, 3.8) is 0 Å². The largest absolute Gasteiger partial charge is 0.468 e. The summed E-state index contributed by atoms with van der Waals surface area (Å²) in [5.74, 6) is -0.411. The highest BCUT2D eigenvalue weighted by Crippen LogP contribution is 2.28. The van der Waals surface area contributed by atoms with Gasteiger partial charge < -0.3 is 9.30 Å². The molecular weight excluding hydrogens is 360 g/mol. The molecule has 1 aliphatic rings. The monoisotopic (exact) mass is 382 g/mol. The van der Waals surface area contributed by atoms with Crippen molar-refractivity contribution >= 4 is 44.2 Å². The molecule has 1 amide bonds. The SMILES string of the molecule is COC(=O)Cn1c(=NC(=O)C2CCCCC2)sc2c3ccccc3ccc21. The number of benzene rings is 2. The third-order valence-corrected chi connectivity index (χ3v) is 6.38. The number of amides is 1. The van der Waals surface area contributed by atoms with Crippen LogP contribution in [0.5, 0.6) is 0 Å². The van der Waals surface area contributed by atoms with Crippen LogP contribution in [0.1, 0.15) is 32.1 Å². The molecule has 1 fully saturated rings. The van der Waals surface area contributed by atoms with Gasteiger partial charge in [-0.1, -0.05) is 60.9 Å². The van der Waals surface area contributed by atoms with Crippen LogP contribution >= 0.6 is 11.3 Å². The number of nitrogens with zero attached hydrogens (tertiary/aromatic N) is 2. The molecule has 0 N–H and O–H groups in total. The van der Waals surface area contributed by atoms with Gasteiger partial charge in [-0.2, -0.15) is 4.99 Å². The van der Waals surface area contributed by atoms with Crippen LogP contribution in [0, 0.1) is 5.92 Å². The molecule has 0 spiro atoms. The maximum Gasteiger partial charge on any atom is 0.325 e. The van der Waals surface area contributed by atoms with Crippen molar-refractivity contribution < 1.29 is 14.3 Å². The standard InChI is InChI=1S/C21H22N2O3S/c1-26-18(24)13-23-17-12-11-14-7-5-6-10-16(14)19(17)27-21(23)22-20(25)15-8-3-2-4-9-15/h5-7,10-12,15H,2-4,8-9,13H2,1H3. The van der Waals surface area contributed by atoms with Crippen LogP contribution in [0.4, 0.5) is 0 Å². The van der Waals surface area contributed by atoms with E-state index in [0.29, 0.717) is 4.80 Å². The van der Waals surface area contributed by atoms with E-state index in [-0.39, 0.29) is 24.3 Å². The van der Waals surface area contributed by atoms with Crippen LogP contribution < -0.4 is 4.80 Å². The summed E-state index contributed by atoms with van der Waals surface area (Å²) in [6.45, 7) is 0.0472. The number of carbonyl (C=O) groups excluding carboxylic acids is 2. The highest BCUT2D eigenvalue weighted by Gasteiger charge is 2.21. The molecule has 0 unspecified atom stereocenters. The molecule has 0 bridgehead atoms. The molecule has 1 aromatic heterocycles. The number of ether oxygens (including phenoxy) is 1. The van der Waals surface area contributed by atoms with Crippen molar-refractivity contribution in [2.24, 2.45) is 10.9 Å². The van der Waals surface area contributed by atoms with Crippen molar-refractivity contribution in [3.05, 3.63) is 41.2 Å². The molecule has 140 valence electrons. The minimum absolute atomic E-state index is 0.00674. The minimum Gasteiger partial charge on any atom is -0.468 e. The van der Waals surface area contributed by atoms with Crippen molar-refractivity contribution in [1.82, 2.24) is 4.57 Å². The average molecular weight is 382 g/mol. The van der Waals surface area contributed by atoms with Gasteiger partial charge in [0.05, 0.1) is 17.3 Å². The smallest absolute Gasteiger partial charge is 0.325 e. The first-order valence-corrected chi connectivity index (χ1v) is 10.2. The molecule has 6 heteroatoms. The summed E-state index contributed by atoms with van der Waals surface area (Å²) in [5, 5.41) is 2.23. The lowest BCUT2D eigenvalue weighted by atomic mass is 9.89. The van der Waals surface area contributed by atoms with Crippen molar-refractivity contribution in [2.75, 3.05) is 7.11 Å². The number of hydrogen-bond donors (Lipinski definition) is 0. The van der Waals surface area contributed by atoms with E-state index in [9.17, 15) is 9.59 Å². The van der Waals surface area contributed by atoms with E-state index >= 15 is 0 Å². The predicted molar refractivity (Wildman–Crippen MR) is 106 cm³/mol. The van der Waals surface area contributed by atoms with Gasteiger partial charge in [0.25, 0.3) is 5.91 Å². The van der Waals surface area contributed by atoms with E-state index in [2.05, 4.69) is 17.1 Å². The lowest BCUT2D eigenvalue weighted by Crippen LogP contribution is -2.24. The van der Waals surface area contributed by atoms with Gasteiger partial charge in [0.2, 0.25) is 0 Å². The summed E-state index contributed by atoms with van der Waals surface area (Å²) >= 11 is 1.47. The molecule has 4 rings (SSSR count). The fraction of sp³-hybridized carbons (Fsp3) is 0.381. The molecule has 2 aromatic carbocycles. The molecule has 1 heterocycles. The Hall–Kier alpha value is -2.47. The number of aromatic nitrogens is 1. The lowest BCUT2D eigenvalue weighted by molar-refractivity contribution is -0.141. The van der Waals surface area contributed by atoms with Crippen molar-refractivity contribution in [1.29, 1.82) is 0 Å². The van der Waals surface area contributed by atoms with Gasteiger partial charge in [-0.05, 0) is 24.3 Å². The van der Waals surface area contributed by atoms with E-state index in [1.54, 1.807) is 4.57 Å². The Balaban J connectivity index is 1.88. The van der Waals surface area contributed by atoms with E-state index in [0.717, 1.165) is 46.7 Å². The second-order valence-electron chi connectivity index (χ2n) is 6.97. The van der Waals surface area contributed by atoms with Crippen LogP contribution in [0.15, 0.2) is 41.4 Å². The van der Waals surface area contributed by atoms with Gasteiger partial charge in [-0.15, -0.1) is 0 Å². The van der Waals surface area contributed by atoms with E-state index in [1.165, 1.54) is 24.9 Å². The number of hydrogen-bond acceptors (Lipinski definition) is 4. The summed E-state index contributed by atoms with van der Waals surface area (Å²) in [6, 6.07) is 12.1. The molecule has 0 saturated heterocycles. The number of esters is 1. The zero-order valence-corrected chi connectivity index (χ0v) is 16.1. The maximum absolute atomic E-state index is 12.7. The quantitative estimate of drug-likeness (QED) is 0.643. The van der Waals surface area contributed by atoms with Gasteiger partial charge in [0.1, 0.15) is 6.54 Å². The fourth-order valence-corrected chi connectivity index (χ4v) is 4.94. The number of methoxy groups -OCH3 is 1. The Kier molecular flexibility index (Phi) is 5.07. The first-order chi connectivity index (χ1) is 13.2. The average Bonchev–Trinajstić information content (AvgIpc) is 3.06.